The third kappa shape index (κ3) is 3.72. The maximum Gasteiger partial charge on any atom is 0.402 e. The van der Waals surface area contributed by atoms with Gasteiger partial charge in [-0.1, -0.05) is 0 Å². The Kier molecular flexibility index (Phi) is 4.28. The Morgan fingerprint density at radius 1 is 1.11 bits per heavy atom. The molecule has 0 amide bonds. The number of methoxy groups -OCH3 is 1. The highest BCUT2D eigenvalue weighted by Gasteiger charge is 2.59. The molecule has 0 aliphatic rings. The van der Waals surface area contributed by atoms with Crippen molar-refractivity contribution in [3.8, 4) is 5.75 Å². The van der Waals surface area contributed by atoms with Gasteiger partial charge in [0, 0.05) is 6.20 Å². The molecule has 1 unspecified atom stereocenters. The summed E-state index contributed by atoms with van der Waals surface area (Å²) in [6.45, 7) is 0. The van der Waals surface area contributed by atoms with E-state index < -0.39 is 29.9 Å². The fraction of sp³-hybridized carbons (Fsp3) is 0.500. The molecule has 0 fully saturated rings. The Labute approximate surface area is 104 Å². The SMILES string of the molecule is COc1cncc(C(N)C(C(F)(F)F)C(F)(F)F)c1. The molecule has 9 heteroatoms. The summed E-state index contributed by atoms with van der Waals surface area (Å²) in [6, 6.07) is -1.31. The van der Waals surface area contributed by atoms with Gasteiger partial charge in [0.15, 0.2) is 5.92 Å². The van der Waals surface area contributed by atoms with Crippen LogP contribution in [0.15, 0.2) is 18.5 Å². The minimum Gasteiger partial charge on any atom is -0.495 e. The van der Waals surface area contributed by atoms with Crippen LogP contribution in [0.5, 0.6) is 5.75 Å². The van der Waals surface area contributed by atoms with Crippen molar-refractivity contribution in [3.63, 3.8) is 0 Å². The molecule has 0 aliphatic carbocycles. The lowest BCUT2D eigenvalue weighted by Gasteiger charge is -2.28. The van der Waals surface area contributed by atoms with Gasteiger partial charge in [0.2, 0.25) is 0 Å². The van der Waals surface area contributed by atoms with E-state index in [1.165, 1.54) is 7.11 Å². The van der Waals surface area contributed by atoms with Crippen molar-refractivity contribution in [1.29, 1.82) is 0 Å². The van der Waals surface area contributed by atoms with Crippen molar-refractivity contribution in [2.45, 2.75) is 18.4 Å². The minimum atomic E-state index is -5.50. The molecule has 1 heterocycles. The van der Waals surface area contributed by atoms with Gasteiger partial charge in [0.25, 0.3) is 0 Å². The van der Waals surface area contributed by atoms with Crippen LogP contribution in [0.4, 0.5) is 26.3 Å². The second-order valence-electron chi connectivity index (χ2n) is 3.74. The fourth-order valence-corrected chi connectivity index (χ4v) is 1.51. The molecule has 1 aromatic rings. The Morgan fingerprint density at radius 3 is 2.05 bits per heavy atom. The molecule has 19 heavy (non-hydrogen) atoms. The highest BCUT2D eigenvalue weighted by molar-refractivity contribution is 5.26. The molecule has 0 saturated carbocycles. The molecule has 0 saturated heterocycles. The van der Waals surface area contributed by atoms with Crippen LogP contribution in [0.1, 0.15) is 11.6 Å². The van der Waals surface area contributed by atoms with Crippen molar-refractivity contribution in [3.05, 3.63) is 24.0 Å². The van der Waals surface area contributed by atoms with Gasteiger partial charge in [-0.2, -0.15) is 26.3 Å². The van der Waals surface area contributed by atoms with E-state index in [-0.39, 0.29) is 5.75 Å². The summed E-state index contributed by atoms with van der Waals surface area (Å²) in [5, 5.41) is 0. The molecule has 1 aromatic heterocycles. The highest BCUT2D eigenvalue weighted by atomic mass is 19.4. The van der Waals surface area contributed by atoms with Crippen molar-refractivity contribution in [2.24, 2.45) is 11.7 Å². The molecular formula is C10H10F6N2O. The number of hydrogen-bond donors (Lipinski definition) is 1. The monoisotopic (exact) mass is 288 g/mol. The molecule has 0 spiro atoms. The Bertz CT molecular complexity index is 417. The first-order chi connectivity index (χ1) is 8.57. The predicted octanol–water partition coefficient (Wildman–Crippen LogP) is 2.83. The van der Waals surface area contributed by atoms with E-state index in [4.69, 9.17) is 5.73 Å². The number of halogens is 6. The summed E-state index contributed by atoms with van der Waals surface area (Å²) in [5.41, 5.74) is 4.70. The van der Waals surface area contributed by atoms with E-state index in [0.717, 1.165) is 18.5 Å². The largest absolute Gasteiger partial charge is 0.495 e. The van der Waals surface area contributed by atoms with Gasteiger partial charge in [-0.05, 0) is 11.6 Å². The lowest BCUT2D eigenvalue weighted by Crippen LogP contribution is -2.44. The zero-order chi connectivity index (χ0) is 14.8. The number of rotatable bonds is 3. The molecule has 108 valence electrons. The zero-order valence-corrected chi connectivity index (χ0v) is 9.59. The molecule has 1 atom stereocenters. The van der Waals surface area contributed by atoms with Crippen molar-refractivity contribution in [1.82, 2.24) is 4.98 Å². The van der Waals surface area contributed by atoms with E-state index >= 15 is 0 Å². The zero-order valence-electron chi connectivity index (χ0n) is 9.59. The van der Waals surface area contributed by atoms with Gasteiger partial charge in [-0.25, -0.2) is 0 Å². The predicted molar refractivity (Wildman–Crippen MR) is 53.3 cm³/mol. The summed E-state index contributed by atoms with van der Waals surface area (Å²) >= 11 is 0. The van der Waals surface area contributed by atoms with E-state index in [0.29, 0.717) is 0 Å². The maximum atomic E-state index is 12.5. The first-order valence-electron chi connectivity index (χ1n) is 4.95. The van der Waals surface area contributed by atoms with Crippen LogP contribution in [0.25, 0.3) is 0 Å². The van der Waals surface area contributed by atoms with Gasteiger partial charge in [0.1, 0.15) is 5.75 Å². The van der Waals surface area contributed by atoms with E-state index in [2.05, 4.69) is 9.72 Å². The molecule has 0 bridgehead atoms. The molecular weight excluding hydrogens is 278 g/mol. The number of nitrogens with two attached hydrogens (primary N) is 1. The second-order valence-corrected chi connectivity index (χ2v) is 3.74. The molecule has 0 radical (unpaired) electrons. The Balaban J connectivity index is 3.16. The Morgan fingerprint density at radius 2 is 1.63 bits per heavy atom. The average Bonchev–Trinajstić information content (AvgIpc) is 2.25. The fourth-order valence-electron chi connectivity index (χ4n) is 1.51. The van der Waals surface area contributed by atoms with Gasteiger partial charge in [-0.15, -0.1) is 0 Å². The van der Waals surface area contributed by atoms with Crippen molar-refractivity contribution >= 4 is 0 Å². The number of aromatic nitrogens is 1. The van der Waals surface area contributed by atoms with Crippen LogP contribution < -0.4 is 10.5 Å². The van der Waals surface area contributed by atoms with Crippen LogP contribution in [-0.4, -0.2) is 24.4 Å². The number of hydrogen-bond acceptors (Lipinski definition) is 3. The lowest BCUT2D eigenvalue weighted by molar-refractivity contribution is -0.290. The van der Waals surface area contributed by atoms with Gasteiger partial charge in [-0.3, -0.25) is 4.98 Å². The molecule has 2 N–H and O–H groups in total. The summed E-state index contributed by atoms with van der Waals surface area (Å²) in [6.07, 6.45) is -9.01. The summed E-state index contributed by atoms with van der Waals surface area (Å²) in [4.78, 5) is 3.48. The van der Waals surface area contributed by atoms with Gasteiger partial charge >= 0.3 is 12.4 Å². The van der Waals surface area contributed by atoms with Crippen LogP contribution in [0, 0.1) is 5.92 Å². The van der Waals surface area contributed by atoms with E-state index in [9.17, 15) is 26.3 Å². The number of pyridine rings is 1. The van der Waals surface area contributed by atoms with Crippen LogP contribution >= 0.6 is 0 Å². The van der Waals surface area contributed by atoms with Crippen LogP contribution in [-0.2, 0) is 0 Å². The Hall–Kier alpha value is -1.51. The topological polar surface area (TPSA) is 48.1 Å². The number of alkyl halides is 6. The van der Waals surface area contributed by atoms with Crippen LogP contribution in [0.3, 0.4) is 0 Å². The standard InChI is InChI=1S/C10H10F6N2O/c1-19-6-2-5(3-18-4-6)7(17)8(9(11,12)13)10(14,15)16/h2-4,7-8H,17H2,1H3. The summed E-state index contributed by atoms with van der Waals surface area (Å²) in [5.74, 6) is -3.63. The molecule has 3 nitrogen and oxygen atoms in total. The smallest absolute Gasteiger partial charge is 0.402 e. The normalized spacial score (nSPS) is 14.6. The maximum absolute atomic E-state index is 12.5. The molecule has 0 aromatic carbocycles. The van der Waals surface area contributed by atoms with Crippen molar-refractivity contribution in [2.75, 3.05) is 7.11 Å². The molecule has 0 aliphatic heterocycles. The third-order valence-corrected chi connectivity index (χ3v) is 2.42. The average molecular weight is 288 g/mol. The summed E-state index contributed by atoms with van der Waals surface area (Å²) < 4.78 is 79.6. The lowest BCUT2D eigenvalue weighted by atomic mass is 9.93. The first-order valence-corrected chi connectivity index (χ1v) is 4.95. The highest BCUT2D eigenvalue weighted by Crippen LogP contribution is 2.45. The molecule has 1 rings (SSSR count). The second kappa shape index (κ2) is 5.24. The first kappa shape index (κ1) is 15.5. The number of ether oxygens (including phenoxy) is 1. The van der Waals surface area contributed by atoms with Gasteiger partial charge < -0.3 is 10.5 Å². The van der Waals surface area contributed by atoms with E-state index in [1.807, 2.05) is 0 Å². The van der Waals surface area contributed by atoms with E-state index in [1.54, 1.807) is 0 Å². The quantitative estimate of drug-likeness (QED) is 0.870. The summed E-state index contributed by atoms with van der Waals surface area (Å²) in [7, 11) is 1.21. The van der Waals surface area contributed by atoms with Crippen molar-refractivity contribution < 1.29 is 31.1 Å². The number of nitrogens with zero attached hydrogens (tertiary/aromatic N) is 1. The van der Waals surface area contributed by atoms with Crippen LogP contribution in [0.2, 0.25) is 0 Å². The third-order valence-electron chi connectivity index (χ3n) is 2.42. The van der Waals surface area contributed by atoms with Gasteiger partial charge in [0.05, 0.1) is 19.3 Å². The minimum absolute atomic E-state index is 0.0241.